The minimum absolute atomic E-state index is 0.0442. The number of carbonyl (C=O) groups excluding carboxylic acids is 1. The third kappa shape index (κ3) is 4.32. The standard InChI is InChI=1S/C16H16N2O6/c1-22-16(21)12-5-11(6-17)15(20)18(7-12)8-13(19)9-23-10-14-3-2-4-24-14/h2-5,7,13,19H,8-10H2,1H3/t13-/m1/s1. The Morgan fingerprint density at radius 2 is 2.33 bits per heavy atom. The van der Waals surface area contributed by atoms with Crippen molar-refractivity contribution in [1.29, 1.82) is 5.26 Å². The van der Waals surface area contributed by atoms with E-state index in [1.165, 1.54) is 19.6 Å². The molecule has 24 heavy (non-hydrogen) atoms. The second-order valence-electron chi connectivity index (χ2n) is 4.95. The number of ether oxygens (including phenoxy) is 2. The number of furan rings is 1. The number of aromatic nitrogens is 1. The van der Waals surface area contributed by atoms with E-state index in [0.717, 1.165) is 10.6 Å². The quantitative estimate of drug-likeness (QED) is 0.741. The van der Waals surface area contributed by atoms with Gasteiger partial charge in [-0.15, -0.1) is 0 Å². The number of pyridine rings is 1. The molecule has 0 fully saturated rings. The Labute approximate surface area is 137 Å². The summed E-state index contributed by atoms with van der Waals surface area (Å²) >= 11 is 0. The predicted molar refractivity (Wildman–Crippen MR) is 81.1 cm³/mol. The van der Waals surface area contributed by atoms with Crippen molar-refractivity contribution in [3.8, 4) is 6.07 Å². The van der Waals surface area contributed by atoms with Crippen LogP contribution in [-0.2, 0) is 22.6 Å². The molecule has 2 rings (SSSR count). The molecule has 0 aliphatic heterocycles. The molecule has 1 atom stereocenters. The van der Waals surface area contributed by atoms with Crippen molar-refractivity contribution < 1.29 is 23.8 Å². The molecule has 0 bridgehead atoms. The summed E-state index contributed by atoms with van der Waals surface area (Å²) in [7, 11) is 1.20. The van der Waals surface area contributed by atoms with Crippen LogP contribution in [0.1, 0.15) is 21.7 Å². The van der Waals surface area contributed by atoms with Crippen LogP contribution in [0.25, 0.3) is 0 Å². The minimum Gasteiger partial charge on any atom is -0.467 e. The first kappa shape index (κ1) is 17.5. The number of aliphatic hydroxyl groups excluding tert-OH is 1. The van der Waals surface area contributed by atoms with E-state index in [1.807, 2.05) is 0 Å². The molecule has 2 aromatic heterocycles. The van der Waals surface area contributed by atoms with Gasteiger partial charge in [0, 0.05) is 6.20 Å². The third-order valence-corrected chi connectivity index (χ3v) is 3.17. The second-order valence-corrected chi connectivity index (χ2v) is 4.95. The largest absolute Gasteiger partial charge is 0.467 e. The normalized spacial score (nSPS) is 11.7. The Kier molecular flexibility index (Phi) is 5.89. The highest BCUT2D eigenvalue weighted by Crippen LogP contribution is 2.05. The van der Waals surface area contributed by atoms with Crippen LogP contribution in [0.15, 0.2) is 39.9 Å². The molecular weight excluding hydrogens is 316 g/mol. The van der Waals surface area contributed by atoms with Crippen molar-refractivity contribution in [3.05, 3.63) is 57.9 Å². The summed E-state index contributed by atoms with van der Waals surface area (Å²) in [6, 6.07) is 6.33. The van der Waals surface area contributed by atoms with Gasteiger partial charge in [-0.3, -0.25) is 4.79 Å². The maximum absolute atomic E-state index is 12.1. The van der Waals surface area contributed by atoms with Gasteiger partial charge in [0.25, 0.3) is 5.56 Å². The number of esters is 1. The lowest BCUT2D eigenvalue weighted by atomic mass is 10.2. The van der Waals surface area contributed by atoms with Crippen LogP contribution in [0.4, 0.5) is 0 Å². The Morgan fingerprint density at radius 1 is 1.54 bits per heavy atom. The number of hydrogen-bond donors (Lipinski definition) is 1. The van der Waals surface area contributed by atoms with Crippen LogP contribution in [0, 0.1) is 11.3 Å². The van der Waals surface area contributed by atoms with Gasteiger partial charge < -0.3 is 23.6 Å². The number of aliphatic hydroxyl groups is 1. The fourth-order valence-corrected chi connectivity index (χ4v) is 2.05. The lowest BCUT2D eigenvalue weighted by Crippen LogP contribution is -2.31. The van der Waals surface area contributed by atoms with E-state index in [2.05, 4.69) is 4.74 Å². The van der Waals surface area contributed by atoms with Crippen LogP contribution in [0.5, 0.6) is 0 Å². The van der Waals surface area contributed by atoms with Crippen molar-refractivity contribution in [2.24, 2.45) is 0 Å². The summed E-state index contributed by atoms with van der Waals surface area (Å²) < 4.78 is 16.0. The molecule has 8 heteroatoms. The fourth-order valence-electron chi connectivity index (χ4n) is 2.05. The summed E-state index contributed by atoms with van der Waals surface area (Å²) in [5.74, 6) is -0.0670. The third-order valence-electron chi connectivity index (χ3n) is 3.17. The maximum atomic E-state index is 12.1. The Balaban J connectivity index is 2.06. The monoisotopic (exact) mass is 332 g/mol. The first-order valence-electron chi connectivity index (χ1n) is 7.06. The lowest BCUT2D eigenvalue weighted by Gasteiger charge is -2.14. The topological polar surface area (TPSA) is 115 Å². The number of methoxy groups -OCH3 is 1. The molecule has 8 nitrogen and oxygen atoms in total. The maximum Gasteiger partial charge on any atom is 0.339 e. The first-order valence-corrected chi connectivity index (χ1v) is 7.06. The van der Waals surface area contributed by atoms with E-state index >= 15 is 0 Å². The molecule has 1 N–H and O–H groups in total. The number of carbonyl (C=O) groups is 1. The van der Waals surface area contributed by atoms with Crippen molar-refractivity contribution in [1.82, 2.24) is 4.57 Å². The van der Waals surface area contributed by atoms with E-state index in [1.54, 1.807) is 18.2 Å². The average molecular weight is 332 g/mol. The van der Waals surface area contributed by atoms with Gasteiger partial charge in [-0.2, -0.15) is 5.26 Å². The molecular formula is C16H16N2O6. The van der Waals surface area contributed by atoms with Crippen molar-refractivity contribution >= 4 is 5.97 Å². The predicted octanol–water partition coefficient (Wildman–Crippen LogP) is 0.677. The highest BCUT2D eigenvalue weighted by molar-refractivity contribution is 5.89. The summed E-state index contributed by atoms with van der Waals surface area (Å²) in [6.45, 7) is 0.0125. The van der Waals surface area contributed by atoms with E-state index in [0.29, 0.717) is 5.76 Å². The first-order chi connectivity index (χ1) is 11.5. The van der Waals surface area contributed by atoms with Gasteiger partial charge >= 0.3 is 5.97 Å². The van der Waals surface area contributed by atoms with Crippen molar-refractivity contribution in [3.63, 3.8) is 0 Å². The molecule has 0 aromatic carbocycles. The van der Waals surface area contributed by atoms with Gasteiger partial charge in [0.1, 0.15) is 24.0 Å². The Hall–Kier alpha value is -2.89. The molecule has 0 unspecified atom stereocenters. The zero-order valence-corrected chi connectivity index (χ0v) is 13.0. The zero-order chi connectivity index (χ0) is 17.5. The molecule has 0 spiro atoms. The van der Waals surface area contributed by atoms with Gasteiger partial charge in [-0.05, 0) is 18.2 Å². The number of hydrogen-bond acceptors (Lipinski definition) is 7. The summed E-state index contributed by atoms with van der Waals surface area (Å²) in [5.41, 5.74) is -0.755. The van der Waals surface area contributed by atoms with Crippen LogP contribution in [-0.4, -0.2) is 35.5 Å². The van der Waals surface area contributed by atoms with E-state index in [4.69, 9.17) is 14.4 Å². The van der Waals surface area contributed by atoms with E-state index in [-0.39, 0.29) is 30.9 Å². The molecule has 2 heterocycles. The Bertz CT molecular complexity index is 788. The van der Waals surface area contributed by atoms with Crippen LogP contribution < -0.4 is 5.56 Å². The second kappa shape index (κ2) is 8.10. The van der Waals surface area contributed by atoms with E-state index in [9.17, 15) is 14.7 Å². The van der Waals surface area contributed by atoms with Gasteiger partial charge in [0.05, 0.1) is 38.2 Å². The molecule has 0 saturated carbocycles. The van der Waals surface area contributed by atoms with Crippen LogP contribution in [0.2, 0.25) is 0 Å². The van der Waals surface area contributed by atoms with Gasteiger partial charge in [0.2, 0.25) is 0 Å². The molecule has 0 aliphatic carbocycles. The van der Waals surface area contributed by atoms with Crippen molar-refractivity contribution in [2.45, 2.75) is 19.3 Å². The zero-order valence-electron chi connectivity index (χ0n) is 13.0. The molecule has 0 saturated heterocycles. The molecule has 126 valence electrons. The average Bonchev–Trinajstić information content (AvgIpc) is 3.09. The Morgan fingerprint density at radius 3 is 2.96 bits per heavy atom. The summed E-state index contributed by atoms with van der Waals surface area (Å²) in [4.78, 5) is 23.7. The molecule has 0 radical (unpaired) electrons. The summed E-state index contributed by atoms with van der Waals surface area (Å²) in [5, 5.41) is 19.0. The van der Waals surface area contributed by atoms with Crippen LogP contribution >= 0.6 is 0 Å². The number of nitriles is 1. The molecule has 0 aliphatic rings. The van der Waals surface area contributed by atoms with Crippen molar-refractivity contribution in [2.75, 3.05) is 13.7 Å². The number of nitrogens with zero attached hydrogens (tertiary/aromatic N) is 2. The highest BCUT2D eigenvalue weighted by atomic mass is 16.5. The highest BCUT2D eigenvalue weighted by Gasteiger charge is 2.15. The smallest absolute Gasteiger partial charge is 0.339 e. The van der Waals surface area contributed by atoms with Gasteiger partial charge in [0.15, 0.2) is 0 Å². The molecule has 2 aromatic rings. The SMILES string of the molecule is COC(=O)c1cc(C#N)c(=O)n(C[C@@H](O)COCc2ccco2)c1. The fraction of sp³-hybridized carbons (Fsp3) is 0.312. The number of rotatable bonds is 7. The van der Waals surface area contributed by atoms with Crippen LogP contribution in [0.3, 0.4) is 0 Å². The molecule has 0 amide bonds. The lowest BCUT2D eigenvalue weighted by molar-refractivity contribution is 0.0142. The summed E-state index contributed by atoms with van der Waals surface area (Å²) in [6.07, 6.45) is 1.75. The van der Waals surface area contributed by atoms with Gasteiger partial charge in [-0.25, -0.2) is 4.79 Å². The van der Waals surface area contributed by atoms with E-state index < -0.39 is 17.6 Å². The minimum atomic E-state index is -1.00. The van der Waals surface area contributed by atoms with Gasteiger partial charge in [-0.1, -0.05) is 0 Å².